The molecule has 2 heterocycles. The molecule has 2 aliphatic heterocycles. The minimum Gasteiger partial charge on any atom is -0.379 e. The van der Waals surface area contributed by atoms with E-state index >= 15 is 0 Å². The molecule has 0 radical (unpaired) electrons. The van der Waals surface area contributed by atoms with Crippen LogP contribution in [0.3, 0.4) is 0 Å². The van der Waals surface area contributed by atoms with Crippen LogP contribution < -0.4 is 10.6 Å². The van der Waals surface area contributed by atoms with Gasteiger partial charge in [-0.3, -0.25) is 0 Å². The highest BCUT2D eigenvalue weighted by atomic mass is 16.5. The highest BCUT2D eigenvalue weighted by Crippen LogP contribution is 2.33. The Kier molecular flexibility index (Phi) is 2.81. The zero-order chi connectivity index (χ0) is 11.8. The second-order valence-electron chi connectivity index (χ2n) is 5.30. The van der Waals surface area contributed by atoms with Gasteiger partial charge in [-0.1, -0.05) is 18.2 Å². The monoisotopic (exact) mass is 232 g/mol. The van der Waals surface area contributed by atoms with Crippen LogP contribution >= 0.6 is 0 Å². The Morgan fingerprint density at radius 1 is 1.35 bits per heavy atom. The molecule has 3 heteroatoms. The van der Waals surface area contributed by atoms with Gasteiger partial charge in [-0.2, -0.15) is 0 Å². The Morgan fingerprint density at radius 2 is 2.18 bits per heavy atom. The van der Waals surface area contributed by atoms with E-state index in [1.165, 1.54) is 11.3 Å². The fourth-order valence-electron chi connectivity index (χ4n) is 2.96. The Hall–Kier alpha value is -1.06. The largest absolute Gasteiger partial charge is 0.379 e. The first kappa shape index (κ1) is 11.1. The molecule has 2 aliphatic rings. The molecule has 1 aromatic carbocycles. The first-order chi connectivity index (χ1) is 8.25. The van der Waals surface area contributed by atoms with Gasteiger partial charge in [-0.15, -0.1) is 0 Å². The summed E-state index contributed by atoms with van der Waals surface area (Å²) in [6.07, 6.45) is 1.15. The van der Waals surface area contributed by atoms with Crippen molar-refractivity contribution in [3.05, 3.63) is 29.8 Å². The fourth-order valence-corrected chi connectivity index (χ4v) is 2.96. The second kappa shape index (κ2) is 4.31. The minimum absolute atomic E-state index is 0.204. The molecule has 92 valence electrons. The summed E-state index contributed by atoms with van der Waals surface area (Å²) in [6, 6.07) is 9.49. The molecule has 0 aromatic heterocycles. The molecular formula is C14H20N2O. The standard InChI is InChI=1S/C14H20N2O/c1-10-6-11-4-2-3-5-14(11)16(10)7-12-8-17-9-13(12)15/h2-5,10,12-13H,6-9,15H2,1H3. The number of ether oxygens (including phenoxy) is 1. The molecule has 0 amide bonds. The van der Waals surface area contributed by atoms with Crippen molar-refractivity contribution in [2.75, 3.05) is 24.7 Å². The number of nitrogens with zero attached hydrogens (tertiary/aromatic N) is 1. The quantitative estimate of drug-likeness (QED) is 0.838. The number of nitrogens with two attached hydrogens (primary N) is 1. The van der Waals surface area contributed by atoms with E-state index in [-0.39, 0.29) is 6.04 Å². The van der Waals surface area contributed by atoms with Gasteiger partial charge in [0.2, 0.25) is 0 Å². The summed E-state index contributed by atoms with van der Waals surface area (Å²) < 4.78 is 5.45. The highest BCUT2D eigenvalue weighted by Gasteiger charge is 2.32. The third-order valence-corrected chi connectivity index (χ3v) is 4.03. The molecule has 0 saturated carbocycles. The molecule has 1 fully saturated rings. The molecule has 1 aromatic rings. The van der Waals surface area contributed by atoms with Crippen molar-refractivity contribution < 1.29 is 4.74 Å². The van der Waals surface area contributed by atoms with Crippen LogP contribution in [0.1, 0.15) is 12.5 Å². The molecule has 3 nitrogen and oxygen atoms in total. The normalized spacial score (nSPS) is 31.9. The van der Waals surface area contributed by atoms with Crippen molar-refractivity contribution in [2.24, 2.45) is 11.7 Å². The van der Waals surface area contributed by atoms with Crippen molar-refractivity contribution in [1.82, 2.24) is 0 Å². The number of para-hydroxylation sites is 1. The van der Waals surface area contributed by atoms with Crippen molar-refractivity contribution >= 4 is 5.69 Å². The Balaban J connectivity index is 1.79. The van der Waals surface area contributed by atoms with Crippen molar-refractivity contribution in [1.29, 1.82) is 0 Å². The number of fused-ring (bicyclic) bond motifs is 1. The number of benzene rings is 1. The summed E-state index contributed by atoms with van der Waals surface area (Å²) in [6.45, 7) is 4.85. The topological polar surface area (TPSA) is 38.5 Å². The van der Waals surface area contributed by atoms with Gasteiger partial charge in [0.15, 0.2) is 0 Å². The maximum atomic E-state index is 6.07. The van der Waals surface area contributed by atoms with Crippen molar-refractivity contribution in [2.45, 2.75) is 25.4 Å². The van der Waals surface area contributed by atoms with Crippen LogP contribution in [0.2, 0.25) is 0 Å². The Labute approximate surface area is 103 Å². The number of anilines is 1. The van der Waals surface area contributed by atoms with Gasteiger partial charge in [-0.05, 0) is 25.0 Å². The molecule has 3 rings (SSSR count). The van der Waals surface area contributed by atoms with E-state index in [1.807, 2.05) is 0 Å². The Morgan fingerprint density at radius 3 is 2.94 bits per heavy atom. The van der Waals surface area contributed by atoms with Gasteiger partial charge in [0.05, 0.1) is 13.2 Å². The lowest BCUT2D eigenvalue weighted by atomic mass is 10.0. The van der Waals surface area contributed by atoms with Crippen LogP contribution in [0.4, 0.5) is 5.69 Å². The molecule has 3 atom stereocenters. The van der Waals surface area contributed by atoms with Crippen molar-refractivity contribution in [3.63, 3.8) is 0 Å². The first-order valence-electron chi connectivity index (χ1n) is 6.43. The Bertz CT molecular complexity index is 407. The predicted molar refractivity (Wildman–Crippen MR) is 69.2 cm³/mol. The molecule has 0 spiro atoms. The summed E-state index contributed by atoms with van der Waals surface area (Å²) in [5, 5.41) is 0. The van der Waals surface area contributed by atoms with Gasteiger partial charge in [0.25, 0.3) is 0 Å². The van der Waals surface area contributed by atoms with E-state index in [9.17, 15) is 0 Å². The van der Waals surface area contributed by atoms with Gasteiger partial charge in [-0.25, -0.2) is 0 Å². The first-order valence-corrected chi connectivity index (χ1v) is 6.43. The van der Waals surface area contributed by atoms with Crippen LogP contribution in [-0.2, 0) is 11.2 Å². The molecule has 0 bridgehead atoms. The van der Waals surface area contributed by atoms with Crippen LogP contribution in [0.15, 0.2) is 24.3 Å². The maximum absolute atomic E-state index is 6.07. The molecule has 1 saturated heterocycles. The lowest BCUT2D eigenvalue weighted by Gasteiger charge is -2.28. The average molecular weight is 232 g/mol. The smallest absolute Gasteiger partial charge is 0.0621 e. The molecule has 0 aliphatic carbocycles. The summed E-state index contributed by atoms with van der Waals surface area (Å²) >= 11 is 0. The van der Waals surface area contributed by atoms with Gasteiger partial charge in [0.1, 0.15) is 0 Å². The van der Waals surface area contributed by atoms with E-state index < -0.39 is 0 Å². The molecule has 2 N–H and O–H groups in total. The second-order valence-corrected chi connectivity index (χ2v) is 5.30. The molecular weight excluding hydrogens is 212 g/mol. The highest BCUT2D eigenvalue weighted by molar-refractivity contribution is 5.59. The number of rotatable bonds is 2. The van der Waals surface area contributed by atoms with Gasteiger partial charge in [0, 0.05) is 30.2 Å². The van der Waals surface area contributed by atoms with E-state index in [4.69, 9.17) is 10.5 Å². The van der Waals surface area contributed by atoms with Crippen LogP contribution in [0.5, 0.6) is 0 Å². The molecule has 17 heavy (non-hydrogen) atoms. The average Bonchev–Trinajstić information content (AvgIpc) is 2.85. The zero-order valence-corrected chi connectivity index (χ0v) is 10.3. The summed E-state index contributed by atoms with van der Waals surface area (Å²) in [4.78, 5) is 2.49. The zero-order valence-electron chi connectivity index (χ0n) is 10.3. The minimum atomic E-state index is 0.204. The summed E-state index contributed by atoms with van der Waals surface area (Å²) in [5.74, 6) is 0.476. The van der Waals surface area contributed by atoms with Crippen LogP contribution in [-0.4, -0.2) is 31.8 Å². The van der Waals surface area contributed by atoms with E-state index in [0.29, 0.717) is 18.6 Å². The van der Waals surface area contributed by atoms with Gasteiger partial charge >= 0.3 is 0 Å². The lowest BCUT2D eigenvalue weighted by Crippen LogP contribution is -2.40. The third kappa shape index (κ3) is 1.94. The van der Waals surface area contributed by atoms with Crippen LogP contribution in [0, 0.1) is 5.92 Å². The number of hydrogen-bond donors (Lipinski definition) is 1. The predicted octanol–water partition coefficient (Wildman–Crippen LogP) is 1.41. The fraction of sp³-hybridized carbons (Fsp3) is 0.571. The SMILES string of the molecule is CC1Cc2ccccc2N1CC1COCC1N. The summed E-state index contributed by atoms with van der Waals surface area (Å²) in [7, 11) is 0. The van der Waals surface area contributed by atoms with E-state index in [0.717, 1.165) is 19.6 Å². The van der Waals surface area contributed by atoms with E-state index in [1.54, 1.807) is 0 Å². The lowest BCUT2D eigenvalue weighted by molar-refractivity contribution is 0.184. The molecule has 3 unspecified atom stereocenters. The third-order valence-electron chi connectivity index (χ3n) is 4.03. The van der Waals surface area contributed by atoms with E-state index in [2.05, 4.69) is 36.1 Å². The number of hydrogen-bond acceptors (Lipinski definition) is 3. The van der Waals surface area contributed by atoms with Gasteiger partial charge < -0.3 is 15.4 Å². The van der Waals surface area contributed by atoms with Crippen molar-refractivity contribution in [3.8, 4) is 0 Å². The summed E-state index contributed by atoms with van der Waals surface area (Å²) in [5.41, 5.74) is 8.92. The maximum Gasteiger partial charge on any atom is 0.0621 e. The van der Waals surface area contributed by atoms with Crippen LogP contribution in [0.25, 0.3) is 0 Å².